The first-order valence-corrected chi connectivity index (χ1v) is 5.68. The third kappa shape index (κ3) is 3.19. The average molecular weight is 277 g/mol. The lowest BCUT2D eigenvalue weighted by Gasteiger charge is -2.12. The third-order valence-corrected chi connectivity index (χ3v) is 2.70. The first-order chi connectivity index (χ1) is 7.99. The summed E-state index contributed by atoms with van der Waals surface area (Å²) in [4.78, 5) is 22.4. The van der Waals surface area contributed by atoms with Crippen LogP contribution in [-0.2, 0) is 4.79 Å². The van der Waals surface area contributed by atoms with E-state index in [1.54, 1.807) is 0 Å². The zero-order valence-corrected chi connectivity index (χ0v) is 10.2. The predicted octanol–water partition coefficient (Wildman–Crippen LogP) is 2.27. The molecule has 4 nitrogen and oxygen atoms in total. The number of carboxylic acid groups (broad SMARTS) is 1. The Bertz CT molecular complexity index is 445. The van der Waals surface area contributed by atoms with E-state index < -0.39 is 12.1 Å². The van der Waals surface area contributed by atoms with Crippen molar-refractivity contribution in [3.05, 3.63) is 34.3 Å². The number of Topliss-reactive ketones (excluding diaryl/α,β-unsaturated/α-hetero) is 1. The molecule has 2 N–H and O–H groups in total. The van der Waals surface area contributed by atoms with Crippen molar-refractivity contribution >= 4 is 35.0 Å². The van der Waals surface area contributed by atoms with Gasteiger partial charge in [-0.25, -0.2) is 4.79 Å². The highest BCUT2D eigenvalue weighted by Crippen LogP contribution is 2.28. The van der Waals surface area contributed by atoms with Gasteiger partial charge in [-0.15, -0.1) is 11.6 Å². The van der Waals surface area contributed by atoms with Crippen LogP contribution in [0, 0.1) is 0 Å². The van der Waals surface area contributed by atoms with Gasteiger partial charge in [-0.3, -0.25) is 4.79 Å². The fraction of sp³-hybridized carbons (Fsp3) is 0.273. The van der Waals surface area contributed by atoms with Crippen LogP contribution in [0.4, 0.5) is 0 Å². The van der Waals surface area contributed by atoms with Crippen molar-refractivity contribution in [1.29, 1.82) is 0 Å². The first-order valence-electron chi connectivity index (χ1n) is 4.77. The standard InChI is InChI=1S/C11H10Cl2O4/c12-5-4-8(14)6-2-1-3-7(13)9(6)10(15)11(16)17/h1-3,10,15H,4-5H2,(H,16,17). The van der Waals surface area contributed by atoms with E-state index in [0.717, 1.165) is 0 Å². The monoisotopic (exact) mass is 276 g/mol. The molecule has 1 unspecified atom stereocenters. The maximum atomic E-state index is 11.7. The number of carbonyl (C=O) groups excluding carboxylic acids is 1. The zero-order valence-electron chi connectivity index (χ0n) is 8.69. The smallest absolute Gasteiger partial charge is 0.337 e. The molecule has 0 aromatic heterocycles. The number of aliphatic carboxylic acids is 1. The van der Waals surface area contributed by atoms with Crippen LogP contribution in [-0.4, -0.2) is 27.8 Å². The Morgan fingerprint density at radius 3 is 2.53 bits per heavy atom. The number of hydrogen-bond donors (Lipinski definition) is 2. The molecule has 1 aromatic rings. The molecule has 6 heteroatoms. The van der Waals surface area contributed by atoms with Gasteiger partial charge in [0.1, 0.15) is 0 Å². The van der Waals surface area contributed by atoms with Gasteiger partial charge in [0.2, 0.25) is 0 Å². The van der Waals surface area contributed by atoms with E-state index >= 15 is 0 Å². The number of halogens is 2. The van der Waals surface area contributed by atoms with E-state index in [1.807, 2.05) is 0 Å². The Kier molecular flexibility index (Phi) is 4.93. The van der Waals surface area contributed by atoms with Crippen molar-refractivity contribution < 1.29 is 19.8 Å². The number of alkyl halides is 1. The number of carboxylic acids is 1. The van der Waals surface area contributed by atoms with Gasteiger partial charge in [0.05, 0.1) is 0 Å². The predicted molar refractivity (Wildman–Crippen MR) is 63.7 cm³/mol. The van der Waals surface area contributed by atoms with Gasteiger partial charge in [0, 0.05) is 28.5 Å². The van der Waals surface area contributed by atoms with Gasteiger partial charge < -0.3 is 10.2 Å². The van der Waals surface area contributed by atoms with E-state index in [-0.39, 0.29) is 34.2 Å². The van der Waals surface area contributed by atoms with Crippen molar-refractivity contribution in [2.45, 2.75) is 12.5 Å². The molecule has 17 heavy (non-hydrogen) atoms. The molecular formula is C11H10Cl2O4. The molecule has 0 aliphatic heterocycles. The van der Waals surface area contributed by atoms with Crippen molar-refractivity contribution in [2.24, 2.45) is 0 Å². The normalized spacial score (nSPS) is 12.2. The summed E-state index contributed by atoms with van der Waals surface area (Å²) in [6.07, 6.45) is -1.76. The minimum absolute atomic E-state index is 0.0420. The van der Waals surface area contributed by atoms with Crippen LogP contribution in [0.3, 0.4) is 0 Å². The van der Waals surface area contributed by atoms with E-state index in [9.17, 15) is 14.7 Å². The summed E-state index contributed by atoms with van der Waals surface area (Å²) in [7, 11) is 0. The lowest BCUT2D eigenvalue weighted by Crippen LogP contribution is -2.16. The number of hydrogen-bond acceptors (Lipinski definition) is 3. The Hall–Kier alpha value is -1.10. The summed E-state index contributed by atoms with van der Waals surface area (Å²) in [6, 6.07) is 4.35. The summed E-state index contributed by atoms with van der Waals surface area (Å²) in [5, 5.41) is 18.3. The summed E-state index contributed by atoms with van der Waals surface area (Å²) in [6.45, 7) is 0. The van der Waals surface area contributed by atoms with Gasteiger partial charge in [-0.1, -0.05) is 23.7 Å². The number of aliphatic hydroxyl groups is 1. The average Bonchev–Trinajstić information content (AvgIpc) is 2.28. The Morgan fingerprint density at radius 1 is 1.35 bits per heavy atom. The van der Waals surface area contributed by atoms with Crippen molar-refractivity contribution in [2.75, 3.05) is 5.88 Å². The van der Waals surface area contributed by atoms with Crippen LogP contribution in [0.25, 0.3) is 0 Å². The van der Waals surface area contributed by atoms with Crippen molar-refractivity contribution in [3.8, 4) is 0 Å². The van der Waals surface area contributed by atoms with E-state index in [0.29, 0.717) is 0 Å². The van der Waals surface area contributed by atoms with Crippen molar-refractivity contribution in [1.82, 2.24) is 0 Å². The van der Waals surface area contributed by atoms with Gasteiger partial charge in [-0.2, -0.15) is 0 Å². The molecule has 0 heterocycles. The Labute approximate surface area is 108 Å². The first kappa shape index (κ1) is 14.0. The van der Waals surface area contributed by atoms with Crippen LogP contribution in [0.15, 0.2) is 18.2 Å². The van der Waals surface area contributed by atoms with Crippen LogP contribution < -0.4 is 0 Å². The number of ketones is 1. The highest BCUT2D eigenvalue weighted by molar-refractivity contribution is 6.32. The molecule has 0 radical (unpaired) electrons. The second kappa shape index (κ2) is 6.00. The van der Waals surface area contributed by atoms with Gasteiger partial charge >= 0.3 is 5.97 Å². The second-order valence-corrected chi connectivity index (χ2v) is 4.09. The molecular weight excluding hydrogens is 267 g/mol. The Balaban J connectivity index is 3.26. The molecule has 0 saturated heterocycles. The molecule has 0 aliphatic carbocycles. The fourth-order valence-corrected chi connectivity index (χ4v) is 1.85. The molecule has 0 fully saturated rings. The second-order valence-electron chi connectivity index (χ2n) is 3.30. The number of carbonyl (C=O) groups is 2. The number of rotatable bonds is 5. The molecule has 1 rings (SSSR count). The zero-order chi connectivity index (χ0) is 13.0. The topological polar surface area (TPSA) is 74.6 Å². The molecule has 0 aliphatic rings. The molecule has 0 bridgehead atoms. The largest absolute Gasteiger partial charge is 0.479 e. The SMILES string of the molecule is O=C(CCCl)c1cccc(Cl)c1C(O)C(=O)O. The minimum atomic E-state index is -1.82. The van der Waals surface area contributed by atoms with Gasteiger partial charge in [0.15, 0.2) is 11.9 Å². The van der Waals surface area contributed by atoms with E-state index in [2.05, 4.69) is 0 Å². The summed E-state index contributed by atoms with van der Waals surface area (Å²) < 4.78 is 0. The highest BCUT2D eigenvalue weighted by atomic mass is 35.5. The lowest BCUT2D eigenvalue weighted by atomic mass is 9.98. The molecule has 1 atom stereocenters. The number of benzene rings is 1. The highest BCUT2D eigenvalue weighted by Gasteiger charge is 2.25. The molecule has 0 spiro atoms. The fourth-order valence-electron chi connectivity index (χ4n) is 1.40. The quantitative estimate of drug-likeness (QED) is 0.639. The van der Waals surface area contributed by atoms with Crippen molar-refractivity contribution in [3.63, 3.8) is 0 Å². The minimum Gasteiger partial charge on any atom is -0.479 e. The summed E-state index contributed by atoms with van der Waals surface area (Å²) >= 11 is 11.3. The summed E-state index contributed by atoms with van der Waals surface area (Å²) in [5.74, 6) is -1.69. The summed E-state index contributed by atoms with van der Waals surface area (Å²) in [5.41, 5.74) is 0.00448. The van der Waals surface area contributed by atoms with Crippen LogP contribution in [0.5, 0.6) is 0 Å². The maximum Gasteiger partial charge on any atom is 0.337 e. The molecule has 0 amide bonds. The van der Waals surface area contributed by atoms with Crippen LogP contribution >= 0.6 is 23.2 Å². The third-order valence-electron chi connectivity index (χ3n) is 2.18. The van der Waals surface area contributed by atoms with Gasteiger partial charge in [-0.05, 0) is 6.07 Å². The van der Waals surface area contributed by atoms with E-state index in [4.69, 9.17) is 28.3 Å². The molecule has 92 valence electrons. The molecule has 0 saturated carbocycles. The maximum absolute atomic E-state index is 11.7. The number of aliphatic hydroxyl groups excluding tert-OH is 1. The van der Waals surface area contributed by atoms with Crippen LogP contribution in [0.2, 0.25) is 5.02 Å². The van der Waals surface area contributed by atoms with Gasteiger partial charge in [0.25, 0.3) is 0 Å². The Morgan fingerprint density at radius 2 is 2.00 bits per heavy atom. The van der Waals surface area contributed by atoms with Crippen LogP contribution in [0.1, 0.15) is 28.4 Å². The lowest BCUT2D eigenvalue weighted by molar-refractivity contribution is -0.146. The molecule has 1 aromatic carbocycles. The van der Waals surface area contributed by atoms with E-state index in [1.165, 1.54) is 18.2 Å².